The molecule has 0 spiro atoms. The van der Waals surface area contributed by atoms with E-state index in [4.69, 9.17) is 16.3 Å². The molecule has 3 rings (SSSR count). The molecule has 1 heterocycles. The van der Waals surface area contributed by atoms with Crippen LogP contribution in [-0.2, 0) is 14.8 Å². The Morgan fingerprint density at radius 3 is 2.31 bits per heavy atom. The molecule has 0 aliphatic carbocycles. The fourth-order valence-electron chi connectivity index (χ4n) is 3.40. The van der Waals surface area contributed by atoms with Crippen molar-refractivity contribution in [2.75, 3.05) is 37.6 Å². The molecule has 1 aliphatic rings. The molecular weight excluding hydrogens is 450 g/mol. The molecule has 1 N–H and O–H groups in total. The first-order chi connectivity index (χ1) is 15.2. The van der Waals surface area contributed by atoms with Gasteiger partial charge in [0.2, 0.25) is 10.0 Å². The summed E-state index contributed by atoms with van der Waals surface area (Å²) in [5.74, 6) is 0.595. The maximum Gasteiger partial charge on any atom is 0.260 e. The number of halogens is 1. The van der Waals surface area contributed by atoms with Crippen LogP contribution >= 0.6 is 11.6 Å². The van der Waals surface area contributed by atoms with Crippen LogP contribution in [0.25, 0.3) is 0 Å². The van der Waals surface area contributed by atoms with Crippen LogP contribution in [0.1, 0.15) is 20.8 Å². The van der Waals surface area contributed by atoms with E-state index in [9.17, 15) is 13.2 Å². The lowest BCUT2D eigenvalue weighted by molar-refractivity contribution is -0.127. The van der Waals surface area contributed by atoms with Gasteiger partial charge in [-0.1, -0.05) is 31.5 Å². The van der Waals surface area contributed by atoms with E-state index in [2.05, 4.69) is 10.2 Å². The zero-order valence-electron chi connectivity index (χ0n) is 18.6. The van der Waals surface area contributed by atoms with Crippen molar-refractivity contribution in [2.24, 2.45) is 5.92 Å². The summed E-state index contributed by atoms with van der Waals surface area (Å²) in [7, 11) is -3.61. The number of nitrogens with one attached hydrogen (secondary N) is 1. The van der Waals surface area contributed by atoms with Crippen LogP contribution < -0.4 is 15.0 Å². The molecule has 1 amide bonds. The highest BCUT2D eigenvalue weighted by molar-refractivity contribution is 7.89. The lowest BCUT2D eigenvalue weighted by atomic mass is 10.2. The lowest BCUT2D eigenvalue weighted by Crippen LogP contribution is -2.48. The molecular formula is C23H30ClN3O4S. The van der Waals surface area contributed by atoms with Gasteiger partial charge in [-0.25, -0.2) is 8.42 Å². The van der Waals surface area contributed by atoms with Crippen LogP contribution in [0.3, 0.4) is 0 Å². The molecule has 174 valence electrons. The molecule has 1 fully saturated rings. The normalized spacial score (nSPS) is 16.1. The molecule has 2 aromatic carbocycles. The number of anilines is 1. The molecule has 0 saturated carbocycles. The van der Waals surface area contributed by atoms with E-state index in [-0.39, 0.29) is 10.8 Å². The largest absolute Gasteiger partial charge is 0.481 e. The SMILES string of the molecule is CC(C)CNC(=O)[C@H](C)Oc1ccc(S(=O)(=O)N2CCN(c3cccc(Cl)c3)CC2)cc1. The highest BCUT2D eigenvalue weighted by Crippen LogP contribution is 2.24. The van der Waals surface area contributed by atoms with Gasteiger partial charge in [0.05, 0.1) is 4.90 Å². The van der Waals surface area contributed by atoms with E-state index >= 15 is 0 Å². The molecule has 9 heteroatoms. The first-order valence-electron chi connectivity index (χ1n) is 10.7. The second-order valence-electron chi connectivity index (χ2n) is 8.24. The molecule has 1 saturated heterocycles. The number of piperazine rings is 1. The van der Waals surface area contributed by atoms with Gasteiger partial charge in [-0.3, -0.25) is 4.79 Å². The summed E-state index contributed by atoms with van der Waals surface area (Å²) in [6.45, 7) is 8.23. The smallest absolute Gasteiger partial charge is 0.260 e. The number of sulfonamides is 1. The molecule has 0 unspecified atom stereocenters. The van der Waals surface area contributed by atoms with E-state index in [1.54, 1.807) is 19.1 Å². The highest BCUT2D eigenvalue weighted by atomic mass is 35.5. The number of nitrogens with zero attached hydrogens (tertiary/aromatic N) is 2. The molecule has 32 heavy (non-hydrogen) atoms. The Labute approximate surface area is 195 Å². The minimum absolute atomic E-state index is 0.201. The van der Waals surface area contributed by atoms with Crippen molar-refractivity contribution in [1.29, 1.82) is 0 Å². The van der Waals surface area contributed by atoms with Gasteiger partial charge in [0.25, 0.3) is 5.91 Å². The molecule has 7 nitrogen and oxygen atoms in total. The van der Waals surface area contributed by atoms with Crippen molar-refractivity contribution in [3.8, 4) is 5.75 Å². The maximum absolute atomic E-state index is 13.1. The van der Waals surface area contributed by atoms with E-state index in [1.165, 1.54) is 16.4 Å². The summed E-state index contributed by atoms with van der Waals surface area (Å²) in [6, 6.07) is 13.8. The molecule has 1 atom stereocenters. The van der Waals surface area contributed by atoms with Crippen molar-refractivity contribution >= 4 is 33.2 Å². The van der Waals surface area contributed by atoms with Crippen LogP contribution in [0.2, 0.25) is 5.02 Å². The fourth-order valence-corrected chi connectivity index (χ4v) is 5.01. The van der Waals surface area contributed by atoms with E-state index in [1.807, 2.05) is 38.1 Å². The van der Waals surface area contributed by atoms with Gasteiger partial charge < -0.3 is 15.0 Å². The summed E-state index contributed by atoms with van der Waals surface area (Å²) in [5, 5.41) is 3.48. The maximum atomic E-state index is 13.1. The molecule has 0 radical (unpaired) electrons. The third-order valence-electron chi connectivity index (χ3n) is 5.24. The Morgan fingerprint density at radius 2 is 1.72 bits per heavy atom. The summed E-state index contributed by atoms with van der Waals surface area (Å²) in [5.41, 5.74) is 0.989. The van der Waals surface area contributed by atoms with Gasteiger partial charge in [-0.2, -0.15) is 4.31 Å². The van der Waals surface area contributed by atoms with E-state index in [0.717, 1.165) is 5.69 Å². The Kier molecular flexibility index (Phi) is 8.03. The van der Waals surface area contributed by atoms with Crippen molar-refractivity contribution < 1.29 is 17.9 Å². The second kappa shape index (κ2) is 10.6. The van der Waals surface area contributed by atoms with Crippen LogP contribution in [0.5, 0.6) is 5.75 Å². The predicted octanol–water partition coefficient (Wildman–Crippen LogP) is 3.39. The predicted molar refractivity (Wildman–Crippen MR) is 127 cm³/mol. The minimum Gasteiger partial charge on any atom is -0.481 e. The third-order valence-corrected chi connectivity index (χ3v) is 7.39. The van der Waals surface area contributed by atoms with Gasteiger partial charge in [0.15, 0.2) is 6.10 Å². The van der Waals surface area contributed by atoms with Gasteiger partial charge in [0.1, 0.15) is 5.75 Å². The quantitative estimate of drug-likeness (QED) is 0.627. The van der Waals surface area contributed by atoms with Gasteiger partial charge in [-0.15, -0.1) is 0 Å². The first kappa shape index (κ1) is 24.4. The van der Waals surface area contributed by atoms with Crippen molar-refractivity contribution in [3.05, 3.63) is 53.6 Å². The molecule has 1 aliphatic heterocycles. The van der Waals surface area contributed by atoms with Gasteiger partial charge in [0, 0.05) is 43.4 Å². The van der Waals surface area contributed by atoms with E-state index in [0.29, 0.717) is 49.4 Å². The Hall–Kier alpha value is -2.29. The highest BCUT2D eigenvalue weighted by Gasteiger charge is 2.28. The zero-order valence-corrected chi connectivity index (χ0v) is 20.2. The summed E-state index contributed by atoms with van der Waals surface area (Å²) >= 11 is 6.07. The summed E-state index contributed by atoms with van der Waals surface area (Å²) in [4.78, 5) is 14.4. The zero-order chi connectivity index (χ0) is 23.3. The van der Waals surface area contributed by atoms with Gasteiger partial charge in [-0.05, 0) is 55.3 Å². The molecule has 0 bridgehead atoms. The number of amides is 1. The Bertz CT molecular complexity index is 1020. The number of carbonyl (C=O) groups is 1. The number of rotatable bonds is 8. The number of benzene rings is 2. The lowest BCUT2D eigenvalue weighted by Gasteiger charge is -2.35. The van der Waals surface area contributed by atoms with E-state index < -0.39 is 16.1 Å². The summed E-state index contributed by atoms with van der Waals surface area (Å²) in [6.07, 6.45) is -0.671. The van der Waals surface area contributed by atoms with Crippen LogP contribution in [0, 0.1) is 5.92 Å². The number of ether oxygens (including phenoxy) is 1. The van der Waals surface area contributed by atoms with Crippen LogP contribution in [0.4, 0.5) is 5.69 Å². The first-order valence-corrected chi connectivity index (χ1v) is 12.5. The monoisotopic (exact) mass is 479 g/mol. The Balaban J connectivity index is 1.59. The topological polar surface area (TPSA) is 78.9 Å². The number of hydrogen-bond acceptors (Lipinski definition) is 5. The van der Waals surface area contributed by atoms with Crippen molar-refractivity contribution in [1.82, 2.24) is 9.62 Å². The average Bonchev–Trinajstić information content (AvgIpc) is 2.78. The minimum atomic E-state index is -3.61. The Morgan fingerprint density at radius 1 is 1.06 bits per heavy atom. The average molecular weight is 480 g/mol. The number of carbonyl (C=O) groups excluding carboxylic acids is 1. The standard InChI is InChI=1S/C23H30ClN3O4S/c1-17(2)16-25-23(28)18(3)31-21-7-9-22(10-8-21)32(29,30)27-13-11-26(12-14-27)20-6-4-5-19(24)15-20/h4-10,15,17-18H,11-14,16H2,1-3H3,(H,25,28)/t18-/m0/s1. The molecule has 2 aromatic rings. The van der Waals surface area contributed by atoms with Crippen molar-refractivity contribution in [3.63, 3.8) is 0 Å². The van der Waals surface area contributed by atoms with Crippen LogP contribution in [-0.4, -0.2) is 57.5 Å². The van der Waals surface area contributed by atoms with Gasteiger partial charge >= 0.3 is 0 Å². The number of hydrogen-bond donors (Lipinski definition) is 1. The third kappa shape index (κ3) is 6.15. The van der Waals surface area contributed by atoms with Crippen LogP contribution in [0.15, 0.2) is 53.4 Å². The summed E-state index contributed by atoms with van der Waals surface area (Å²) < 4.78 is 33.3. The molecule has 0 aromatic heterocycles. The fraction of sp³-hybridized carbons (Fsp3) is 0.435. The van der Waals surface area contributed by atoms with Crippen molar-refractivity contribution in [2.45, 2.75) is 31.8 Å². The second-order valence-corrected chi connectivity index (χ2v) is 10.6.